The van der Waals surface area contributed by atoms with Crippen LogP contribution in [-0.4, -0.2) is 29.2 Å². The molecule has 6 heteroatoms. The van der Waals surface area contributed by atoms with Gasteiger partial charge >= 0.3 is 5.69 Å². The molecule has 1 aliphatic heterocycles. The Labute approximate surface area is 99.2 Å². The van der Waals surface area contributed by atoms with Gasteiger partial charge < -0.3 is 10.1 Å². The summed E-state index contributed by atoms with van der Waals surface area (Å²) in [6.45, 7) is 3.05. The lowest BCUT2D eigenvalue weighted by molar-refractivity contribution is -0.384. The second-order valence-corrected chi connectivity index (χ2v) is 4.10. The molecule has 17 heavy (non-hydrogen) atoms. The van der Waals surface area contributed by atoms with Crippen LogP contribution in [0.15, 0.2) is 12.3 Å². The van der Waals surface area contributed by atoms with E-state index >= 15 is 0 Å². The van der Waals surface area contributed by atoms with Crippen LogP contribution in [0.1, 0.15) is 18.4 Å². The van der Waals surface area contributed by atoms with Gasteiger partial charge in [-0.15, -0.1) is 0 Å². The van der Waals surface area contributed by atoms with Gasteiger partial charge in [-0.2, -0.15) is 0 Å². The average Bonchev–Trinajstić information content (AvgIpc) is 2.78. The molecule has 0 bridgehead atoms. The molecule has 0 saturated carbocycles. The van der Waals surface area contributed by atoms with Crippen LogP contribution in [0, 0.1) is 17.0 Å². The van der Waals surface area contributed by atoms with Gasteiger partial charge in [0.25, 0.3) is 0 Å². The van der Waals surface area contributed by atoms with Crippen molar-refractivity contribution in [3.63, 3.8) is 0 Å². The van der Waals surface area contributed by atoms with Crippen molar-refractivity contribution >= 4 is 11.5 Å². The van der Waals surface area contributed by atoms with E-state index in [4.69, 9.17) is 4.74 Å². The van der Waals surface area contributed by atoms with Crippen LogP contribution in [0.25, 0.3) is 0 Å². The monoisotopic (exact) mass is 237 g/mol. The highest BCUT2D eigenvalue weighted by atomic mass is 16.6. The number of nitrogens with one attached hydrogen (secondary N) is 1. The zero-order valence-corrected chi connectivity index (χ0v) is 9.68. The van der Waals surface area contributed by atoms with Crippen LogP contribution >= 0.6 is 0 Å². The van der Waals surface area contributed by atoms with E-state index in [0.29, 0.717) is 17.9 Å². The predicted molar refractivity (Wildman–Crippen MR) is 63.1 cm³/mol. The number of rotatable bonds is 4. The highest BCUT2D eigenvalue weighted by molar-refractivity contribution is 5.59. The first kappa shape index (κ1) is 11.8. The molecule has 2 rings (SSSR count). The number of pyridine rings is 1. The minimum absolute atomic E-state index is 0.0468. The van der Waals surface area contributed by atoms with Crippen LogP contribution < -0.4 is 5.32 Å². The van der Waals surface area contributed by atoms with E-state index < -0.39 is 4.92 Å². The number of hydrogen-bond donors (Lipinski definition) is 1. The molecular formula is C11H15N3O3. The molecule has 1 aromatic rings. The van der Waals surface area contributed by atoms with Gasteiger partial charge in [0.05, 0.1) is 11.0 Å². The second-order valence-electron chi connectivity index (χ2n) is 4.10. The zero-order chi connectivity index (χ0) is 12.3. The Morgan fingerprint density at radius 3 is 3.18 bits per heavy atom. The van der Waals surface area contributed by atoms with E-state index in [1.165, 1.54) is 0 Å². The summed E-state index contributed by atoms with van der Waals surface area (Å²) in [4.78, 5) is 14.5. The second kappa shape index (κ2) is 5.09. The smallest absolute Gasteiger partial charge is 0.314 e. The molecule has 1 aromatic heterocycles. The van der Waals surface area contributed by atoms with E-state index in [-0.39, 0.29) is 11.8 Å². The Balaban J connectivity index is 2.09. The summed E-state index contributed by atoms with van der Waals surface area (Å²) < 4.78 is 5.45. The lowest BCUT2D eigenvalue weighted by Crippen LogP contribution is -2.19. The lowest BCUT2D eigenvalue weighted by atomic mass is 10.2. The molecule has 1 aliphatic rings. The van der Waals surface area contributed by atoms with Crippen molar-refractivity contribution in [2.75, 3.05) is 18.5 Å². The molecule has 1 unspecified atom stereocenters. The predicted octanol–water partition coefficient (Wildman–Crippen LogP) is 1.89. The van der Waals surface area contributed by atoms with Crippen molar-refractivity contribution in [2.45, 2.75) is 25.9 Å². The van der Waals surface area contributed by atoms with Crippen molar-refractivity contribution in [2.24, 2.45) is 0 Å². The molecule has 92 valence electrons. The van der Waals surface area contributed by atoms with E-state index in [9.17, 15) is 10.1 Å². The zero-order valence-electron chi connectivity index (χ0n) is 9.68. The summed E-state index contributed by atoms with van der Waals surface area (Å²) >= 11 is 0. The summed E-state index contributed by atoms with van der Waals surface area (Å²) in [5.74, 6) is 0.325. The SMILES string of the molecule is Cc1ccnc(NCC2CCCO2)c1[N+](=O)[O-]. The fourth-order valence-corrected chi connectivity index (χ4v) is 1.93. The van der Waals surface area contributed by atoms with Crippen molar-refractivity contribution < 1.29 is 9.66 Å². The van der Waals surface area contributed by atoms with Gasteiger partial charge in [0.2, 0.25) is 5.82 Å². The molecule has 1 saturated heterocycles. The van der Waals surface area contributed by atoms with Crippen LogP contribution in [0.3, 0.4) is 0 Å². The Kier molecular flexibility index (Phi) is 3.53. The largest absolute Gasteiger partial charge is 0.376 e. The van der Waals surface area contributed by atoms with Gasteiger partial charge in [-0.25, -0.2) is 4.98 Å². The molecule has 0 spiro atoms. The fraction of sp³-hybridized carbons (Fsp3) is 0.545. The minimum Gasteiger partial charge on any atom is -0.376 e. The van der Waals surface area contributed by atoms with Crippen LogP contribution in [0.5, 0.6) is 0 Å². The normalized spacial score (nSPS) is 19.2. The number of nitro groups is 1. The third-order valence-electron chi connectivity index (χ3n) is 2.83. The molecule has 1 atom stereocenters. The Morgan fingerprint density at radius 2 is 2.53 bits per heavy atom. The van der Waals surface area contributed by atoms with Crippen LogP contribution in [0.4, 0.5) is 11.5 Å². The van der Waals surface area contributed by atoms with E-state index in [2.05, 4.69) is 10.3 Å². The third kappa shape index (κ3) is 2.71. The highest BCUT2D eigenvalue weighted by Gasteiger charge is 2.20. The number of aryl methyl sites for hydroxylation is 1. The first-order chi connectivity index (χ1) is 8.18. The van der Waals surface area contributed by atoms with Gasteiger partial charge in [0.1, 0.15) is 0 Å². The Bertz CT molecular complexity index is 416. The maximum Gasteiger partial charge on any atom is 0.314 e. The van der Waals surface area contributed by atoms with Crippen molar-refractivity contribution in [1.82, 2.24) is 4.98 Å². The Hall–Kier alpha value is -1.69. The maximum absolute atomic E-state index is 10.9. The standard InChI is InChI=1S/C11H15N3O3/c1-8-4-5-12-11(10(8)14(15)16)13-7-9-3-2-6-17-9/h4-5,9H,2-3,6-7H2,1H3,(H,12,13). The first-order valence-electron chi connectivity index (χ1n) is 5.64. The number of nitrogens with zero attached hydrogens (tertiary/aromatic N) is 2. The third-order valence-corrected chi connectivity index (χ3v) is 2.83. The molecule has 1 N–H and O–H groups in total. The number of aromatic nitrogens is 1. The maximum atomic E-state index is 10.9. The molecule has 0 amide bonds. The van der Waals surface area contributed by atoms with Gasteiger partial charge in [-0.1, -0.05) is 0 Å². The van der Waals surface area contributed by atoms with E-state index in [1.807, 2.05) is 0 Å². The average molecular weight is 237 g/mol. The summed E-state index contributed by atoms with van der Waals surface area (Å²) in [7, 11) is 0. The van der Waals surface area contributed by atoms with Crippen molar-refractivity contribution in [3.8, 4) is 0 Å². The summed E-state index contributed by atoms with van der Waals surface area (Å²) in [6.07, 6.45) is 3.75. The molecule has 0 aliphatic carbocycles. The van der Waals surface area contributed by atoms with Gasteiger partial charge in [-0.3, -0.25) is 10.1 Å². The number of ether oxygens (including phenoxy) is 1. The minimum atomic E-state index is -0.403. The van der Waals surface area contributed by atoms with Crippen molar-refractivity contribution in [3.05, 3.63) is 27.9 Å². The van der Waals surface area contributed by atoms with Gasteiger partial charge in [0, 0.05) is 24.9 Å². The highest BCUT2D eigenvalue weighted by Crippen LogP contribution is 2.25. The molecule has 2 heterocycles. The summed E-state index contributed by atoms with van der Waals surface area (Å²) in [5.41, 5.74) is 0.658. The quantitative estimate of drug-likeness (QED) is 0.639. The molecule has 0 radical (unpaired) electrons. The van der Waals surface area contributed by atoms with E-state index in [0.717, 1.165) is 19.4 Å². The topological polar surface area (TPSA) is 77.3 Å². The fourth-order valence-electron chi connectivity index (χ4n) is 1.93. The van der Waals surface area contributed by atoms with Gasteiger partial charge in [-0.05, 0) is 25.8 Å². The molecular weight excluding hydrogens is 222 g/mol. The summed E-state index contributed by atoms with van der Waals surface area (Å²) in [5, 5.41) is 13.9. The Morgan fingerprint density at radius 1 is 1.71 bits per heavy atom. The lowest BCUT2D eigenvalue weighted by Gasteiger charge is -2.11. The molecule has 6 nitrogen and oxygen atoms in total. The summed E-state index contributed by atoms with van der Waals surface area (Å²) in [6, 6.07) is 1.63. The molecule has 1 fully saturated rings. The molecule has 0 aromatic carbocycles. The number of anilines is 1. The number of hydrogen-bond acceptors (Lipinski definition) is 5. The van der Waals surface area contributed by atoms with Crippen molar-refractivity contribution in [1.29, 1.82) is 0 Å². The van der Waals surface area contributed by atoms with Crippen LogP contribution in [0.2, 0.25) is 0 Å². The van der Waals surface area contributed by atoms with E-state index in [1.54, 1.807) is 19.2 Å². The first-order valence-corrected chi connectivity index (χ1v) is 5.64. The van der Waals surface area contributed by atoms with Gasteiger partial charge in [0.15, 0.2) is 0 Å². The van der Waals surface area contributed by atoms with Crippen LogP contribution in [-0.2, 0) is 4.74 Å².